The molecule has 0 spiro atoms. The third-order valence-corrected chi connectivity index (χ3v) is 2.36. The van der Waals surface area contributed by atoms with Crippen LogP contribution in [0.25, 0.3) is 0 Å². The van der Waals surface area contributed by atoms with Crippen molar-refractivity contribution in [3.8, 4) is 0 Å². The van der Waals surface area contributed by atoms with E-state index in [1.165, 1.54) is 6.92 Å². The average Bonchev–Trinajstić information content (AvgIpc) is 2.12. The molecule has 0 aliphatic carbocycles. The molecular weight excluding hydrogens is 178 g/mol. The van der Waals surface area contributed by atoms with Gasteiger partial charge in [0, 0.05) is 13.1 Å². The van der Waals surface area contributed by atoms with Crippen LogP contribution in [-0.2, 0) is 9.59 Å². The molecule has 1 unspecified atom stereocenters. The molecule has 14 heavy (non-hydrogen) atoms. The Morgan fingerprint density at radius 2 is 1.86 bits per heavy atom. The number of carbonyl (C=O) groups is 2. The summed E-state index contributed by atoms with van der Waals surface area (Å²) in [4.78, 5) is 24.1. The zero-order valence-corrected chi connectivity index (χ0v) is 9.67. The first-order chi connectivity index (χ1) is 6.51. The third kappa shape index (κ3) is 5.00. The van der Waals surface area contributed by atoms with Gasteiger partial charge < -0.3 is 4.90 Å². The largest absolute Gasteiger partial charge is 0.342 e. The number of amides is 1. The standard InChI is InChI=1S/C11H21NO2/c1-5-9(3)8-12(6-2)11(14)7-10(4)13/h9H,5-8H2,1-4H3. The van der Waals surface area contributed by atoms with Crippen molar-refractivity contribution in [1.29, 1.82) is 0 Å². The minimum atomic E-state index is -0.0578. The number of hydrogen-bond acceptors (Lipinski definition) is 2. The van der Waals surface area contributed by atoms with Gasteiger partial charge in [0.05, 0.1) is 6.42 Å². The maximum absolute atomic E-state index is 11.5. The fourth-order valence-electron chi connectivity index (χ4n) is 1.24. The molecule has 1 atom stereocenters. The van der Waals surface area contributed by atoms with Crippen molar-refractivity contribution >= 4 is 11.7 Å². The SMILES string of the molecule is CCC(C)CN(CC)C(=O)CC(C)=O. The minimum absolute atomic E-state index is 0.0414. The molecule has 0 fully saturated rings. The van der Waals surface area contributed by atoms with E-state index in [-0.39, 0.29) is 18.1 Å². The van der Waals surface area contributed by atoms with Gasteiger partial charge >= 0.3 is 0 Å². The monoisotopic (exact) mass is 199 g/mol. The summed E-state index contributed by atoms with van der Waals surface area (Å²) in [5, 5.41) is 0. The maximum Gasteiger partial charge on any atom is 0.230 e. The van der Waals surface area contributed by atoms with E-state index < -0.39 is 0 Å². The zero-order valence-electron chi connectivity index (χ0n) is 9.67. The van der Waals surface area contributed by atoms with Gasteiger partial charge in [-0.2, -0.15) is 0 Å². The van der Waals surface area contributed by atoms with Crippen LogP contribution in [-0.4, -0.2) is 29.7 Å². The van der Waals surface area contributed by atoms with E-state index >= 15 is 0 Å². The highest BCUT2D eigenvalue weighted by Gasteiger charge is 2.15. The number of nitrogens with zero attached hydrogens (tertiary/aromatic N) is 1. The zero-order chi connectivity index (χ0) is 11.1. The molecule has 3 heteroatoms. The van der Waals surface area contributed by atoms with Gasteiger partial charge in [0.25, 0.3) is 0 Å². The molecule has 0 bridgehead atoms. The average molecular weight is 199 g/mol. The first kappa shape index (κ1) is 13.1. The molecule has 0 rings (SSSR count). The van der Waals surface area contributed by atoms with Crippen LogP contribution in [0.5, 0.6) is 0 Å². The lowest BCUT2D eigenvalue weighted by molar-refractivity contribution is -0.135. The van der Waals surface area contributed by atoms with Crippen LogP contribution in [0.3, 0.4) is 0 Å². The lowest BCUT2D eigenvalue weighted by Gasteiger charge is -2.23. The van der Waals surface area contributed by atoms with E-state index in [1.807, 2.05) is 6.92 Å². The van der Waals surface area contributed by atoms with E-state index in [0.29, 0.717) is 12.5 Å². The fourth-order valence-corrected chi connectivity index (χ4v) is 1.24. The van der Waals surface area contributed by atoms with Crippen molar-refractivity contribution in [2.45, 2.75) is 40.5 Å². The second-order valence-electron chi connectivity index (χ2n) is 3.82. The molecular formula is C11H21NO2. The van der Waals surface area contributed by atoms with Gasteiger partial charge in [-0.05, 0) is 19.8 Å². The quantitative estimate of drug-likeness (QED) is 0.612. The molecule has 0 N–H and O–H groups in total. The van der Waals surface area contributed by atoms with Crippen molar-refractivity contribution in [3.63, 3.8) is 0 Å². The van der Waals surface area contributed by atoms with Crippen molar-refractivity contribution in [2.75, 3.05) is 13.1 Å². The van der Waals surface area contributed by atoms with Crippen LogP contribution in [0, 0.1) is 5.92 Å². The number of rotatable bonds is 6. The van der Waals surface area contributed by atoms with Gasteiger partial charge in [0.1, 0.15) is 5.78 Å². The summed E-state index contributed by atoms with van der Waals surface area (Å²) in [6, 6.07) is 0. The van der Waals surface area contributed by atoms with Gasteiger partial charge in [0.2, 0.25) is 5.91 Å². The molecule has 0 saturated heterocycles. The molecule has 0 radical (unpaired) electrons. The fraction of sp³-hybridized carbons (Fsp3) is 0.818. The topological polar surface area (TPSA) is 37.4 Å². The molecule has 0 aromatic heterocycles. The molecule has 0 heterocycles. The lowest BCUT2D eigenvalue weighted by atomic mass is 10.1. The van der Waals surface area contributed by atoms with Crippen LogP contribution in [0.2, 0.25) is 0 Å². The number of hydrogen-bond donors (Lipinski definition) is 0. The van der Waals surface area contributed by atoms with Gasteiger partial charge in [-0.25, -0.2) is 0 Å². The van der Waals surface area contributed by atoms with Gasteiger partial charge in [-0.15, -0.1) is 0 Å². The third-order valence-electron chi connectivity index (χ3n) is 2.36. The van der Waals surface area contributed by atoms with Gasteiger partial charge in [0.15, 0.2) is 0 Å². The Morgan fingerprint density at radius 1 is 1.29 bits per heavy atom. The minimum Gasteiger partial charge on any atom is -0.342 e. The summed E-state index contributed by atoms with van der Waals surface area (Å²) in [6.07, 6.45) is 1.11. The maximum atomic E-state index is 11.5. The summed E-state index contributed by atoms with van der Waals surface area (Å²) in [6.45, 7) is 9.07. The van der Waals surface area contributed by atoms with E-state index in [1.54, 1.807) is 4.90 Å². The summed E-state index contributed by atoms with van der Waals surface area (Å²) in [7, 11) is 0. The smallest absolute Gasteiger partial charge is 0.230 e. The molecule has 0 saturated carbocycles. The van der Waals surface area contributed by atoms with Crippen LogP contribution < -0.4 is 0 Å². The van der Waals surface area contributed by atoms with Crippen molar-refractivity contribution in [3.05, 3.63) is 0 Å². The van der Waals surface area contributed by atoms with E-state index in [9.17, 15) is 9.59 Å². The Bertz CT molecular complexity index is 201. The highest BCUT2D eigenvalue weighted by Crippen LogP contribution is 2.05. The number of Topliss-reactive ketones (excluding diaryl/α,β-unsaturated/α-hetero) is 1. The first-order valence-electron chi connectivity index (χ1n) is 5.28. The van der Waals surface area contributed by atoms with Crippen LogP contribution in [0.4, 0.5) is 0 Å². The Hall–Kier alpha value is -0.860. The van der Waals surface area contributed by atoms with E-state index in [0.717, 1.165) is 13.0 Å². The molecule has 0 aliphatic rings. The van der Waals surface area contributed by atoms with Crippen LogP contribution in [0.1, 0.15) is 40.5 Å². The molecule has 0 aromatic rings. The normalized spacial score (nSPS) is 12.3. The molecule has 82 valence electrons. The molecule has 0 aromatic carbocycles. The summed E-state index contributed by atoms with van der Waals surface area (Å²) < 4.78 is 0. The second-order valence-corrected chi connectivity index (χ2v) is 3.82. The highest BCUT2D eigenvalue weighted by molar-refractivity contribution is 5.96. The second kappa shape index (κ2) is 6.57. The summed E-state index contributed by atoms with van der Waals surface area (Å²) in [5.41, 5.74) is 0. The van der Waals surface area contributed by atoms with Crippen LogP contribution in [0.15, 0.2) is 0 Å². The number of ketones is 1. The summed E-state index contributed by atoms with van der Waals surface area (Å²) >= 11 is 0. The molecule has 1 amide bonds. The van der Waals surface area contributed by atoms with Crippen molar-refractivity contribution in [1.82, 2.24) is 4.90 Å². The van der Waals surface area contributed by atoms with E-state index in [4.69, 9.17) is 0 Å². The first-order valence-corrected chi connectivity index (χ1v) is 5.28. The summed E-state index contributed by atoms with van der Waals surface area (Å²) in [5.74, 6) is 0.406. The Balaban J connectivity index is 4.12. The van der Waals surface area contributed by atoms with Crippen LogP contribution >= 0.6 is 0 Å². The Labute approximate surface area is 86.5 Å². The molecule has 3 nitrogen and oxygen atoms in total. The van der Waals surface area contributed by atoms with E-state index in [2.05, 4.69) is 13.8 Å². The number of carbonyl (C=O) groups excluding carboxylic acids is 2. The predicted octanol–water partition coefficient (Wildman–Crippen LogP) is 1.86. The predicted molar refractivity (Wildman–Crippen MR) is 57.0 cm³/mol. The van der Waals surface area contributed by atoms with Crippen molar-refractivity contribution < 1.29 is 9.59 Å². The Morgan fingerprint density at radius 3 is 2.21 bits per heavy atom. The van der Waals surface area contributed by atoms with Gasteiger partial charge in [-0.1, -0.05) is 20.3 Å². The van der Waals surface area contributed by atoms with Gasteiger partial charge in [-0.3, -0.25) is 9.59 Å². The molecule has 0 aliphatic heterocycles. The van der Waals surface area contributed by atoms with Crippen molar-refractivity contribution in [2.24, 2.45) is 5.92 Å². The highest BCUT2D eigenvalue weighted by atomic mass is 16.2. The Kier molecular flexibility index (Phi) is 6.17. The lowest BCUT2D eigenvalue weighted by Crippen LogP contribution is -2.35.